The molecule has 0 saturated heterocycles. The third-order valence-electron chi connectivity index (χ3n) is 4.93. The average molecular weight is 483 g/mol. The van der Waals surface area contributed by atoms with Crippen LogP contribution >= 0.6 is 0 Å². The largest absolute Gasteiger partial charge is 0.508 e. The second-order valence-corrected chi connectivity index (χ2v) is 8.48. The fraction of sp³-hybridized carbons (Fsp3) is 0.545. The smallest absolute Gasteiger partial charge is 0.326 e. The summed E-state index contributed by atoms with van der Waals surface area (Å²) in [5.74, 6) is -3.85. The number of hydrogen-bond acceptors (Lipinski definition) is 8. The molecule has 5 atom stereocenters. The average Bonchev–Trinajstić information content (AvgIpc) is 2.76. The van der Waals surface area contributed by atoms with Gasteiger partial charge in [-0.3, -0.25) is 14.4 Å². The van der Waals surface area contributed by atoms with E-state index < -0.39 is 60.6 Å². The van der Waals surface area contributed by atoms with Gasteiger partial charge in [0.15, 0.2) is 0 Å². The van der Waals surface area contributed by atoms with Crippen molar-refractivity contribution in [2.45, 2.75) is 63.9 Å². The maximum absolute atomic E-state index is 13.0. The zero-order chi connectivity index (χ0) is 26.0. The Balaban J connectivity index is 3.13. The number of hydrogen-bond donors (Lipinski definition) is 8. The van der Waals surface area contributed by atoms with Gasteiger partial charge in [0.05, 0.1) is 12.7 Å². The van der Waals surface area contributed by atoms with Gasteiger partial charge in [0.25, 0.3) is 0 Å². The lowest BCUT2D eigenvalue weighted by atomic mass is 10.0. The molecule has 0 aromatic heterocycles. The first kappa shape index (κ1) is 28.8. The zero-order valence-electron chi connectivity index (χ0n) is 19.4. The van der Waals surface area contributed by atoms with E-state index in [9.17, 15) is 34.5 Å². The molecule has 12 heteroatoms. The number of benzene rings is 1. The quantitative estimate of drug-likeness (QED) is 0.159. The van der Waals surface area contributed by atoms with E-state index in [1.54, 1.807) is 13.8 Å². The van der Waals surface area contributed by atoms with Crippen LogP contribution in [0.2, 0.25) is 0 Å². The van der Waals surface area contributed by atoms with Gasteiger partial charge in [0.1, 0.15) is 29.9 Å². The predicted molar refractivity (Wildman–Crippen MR) is 121 cm³/mol. The molecule has 1 aromatic carbocycles. The number of nitrogens with two attached hydrogens (primary N) is 1. The number of carbonyl (C=O) groups excluding carboxylic acids is 3. The molecule has 0 spiro atoms. The molecule has 3 amide bonds. The Kier molecular flexibility index (Phi) is 11.4. The summed E-state index contributed by atoms with van der Waals surface area (Å²) in [4.78, 5) is 49.4. The van der Waals surface area contributed by atoms with Gasteiger partial charge < -0.3 is 42.1 Å². The third-order valence-corrected chi connectivity index (χ3v) is 4.93. The summed E-state index contributed by atoms with van der Waals surface area (Å²) in [6.07, 6.45) is -1.28. The topological polar surface area (TPSA) is 211 Å². The molecule has 190 valence electrons. The van der Waals surface area contributed by atoms with E-state index in [0.29, 0.717) is 5.56 Å². The number of carbonyl (C=O) groups is 4. The molecule has 34 heavy (non-hydrogen) atoms. The number of phenolic OH excluding ortho intramolecular Hbond substituents is 1. The molecule has 0 fully saturated rings. The van der Waals surface area contributed by atoms with E-state index in [0.717, 1.165) is 0 Å². The second kappa shape index (κ2) is 13.5. The van der Waals surface area contributed by atoms with Crippen molar-refractivity contribution in [3.8, 4) is 5.75 Å². The summed E-state index contributed by atoms with van der Waals surface area (Å²) in [6.45, 7) is 4.15. The fourth-order valence-electron chi connectivity index (χ4n) is 3.05. The van der Waals surface area contributed by atoms with E-state index in [1.165, 1.54) is 31.2 Å². The van der Waals surface area contributed by atoms with Crippen molar-refractivity contribution >= 4 is 23.7 Å². The second-order valence-electron chi connectivity index (χ2n) is 8.48. The molecular formula is C22H34N4O8. The summed E-state index contributed by atoms with van der Waals surface area (Å²) in [5, 5.41) is 45.0. The van der Waals surface area contributed by atoms with Crippen LogP contribution in [0.1, 0.15) is 32.8 Å². The SMILES string of the molecule is CC(C)CC(NC(=O)C(Cc1ccc(O)cc1)NC(=O)C(NC(=O)C(N)CO)C(C)O)C(=O)O. The van der Waals surface area contributed by atoms with Crippen molar-refractivity contribution < 1.29 is 39.6 Å². The lowest BCUT2D eigenvalue weighted by Gasteiger charge is -2.26. The maximum atomic E-state index is 13.0. The standard InChI is InChI=1S/C22H34N4O8/c1-11(2)8-17(22(33)34)25-20(31)16(9-13-4-6-14(29)7-5-13)24-21(32)18(12(3)28)26-19(30)15(23)10-27/h4-7,11-12,15-18,27-29H,8-10,23H2,1-3H3,(H,24,32)(H,25,31)(H,26,30)(H,33,34). The molecule has 9 N–H and O–H groups in total. The lowest BCUT2D eigenvalue weighted by molar-refractivity contribution is -0.143. The highest BCUT2D eigenvalue weighted by molar-refractivity contribution is 5.94. The zero-order valence-corrected chi connectivity index (χ0v) is 19.4. The number of nitrogens with one attached hydrogen (secondary N) is 3. The van der Waals surface area contributed by atoms with Crippen LogP contribution in [0.25, 0.3) is 0 Å². The summed E-state index contributed by atoms with van der Waals surface area (Å²) in [6, 6.07) is 0.554. The molecular weight excluding hydrogens is 448 g/mol. The van der Waals surface area contributed by atoms with E-state index in [4.69, 9.17) is 10.8 Å². The maximum Gasteiger partial charge on any atom is 0.326 e. The summed E-state index contributed by atoms with van der Waals surface area (Å²) >= 11 is 0. The van der Waals surface area contributed by atoms with Crippen molar-refractivity contribution in [3.05, 3.63) is 29.8 Å². The van der Waals surface area contributed by atoms with Gasteiger partial charge in [-0.25, -0.2) is 4.79 Å². The van der Waals surface area contributed by atoms with Crippen molar-refractivity contribution in [1.82, 2.24) is 16.0 Å². The van der Waals surface area contributed by atoms with Crippen LogP contribution in [0, 0.1) is 5.92 Å². The molecule has 0 saturated carbocycles. The van der Waals surface area contributed by atoms with Crippen LogP contribution in [0.3, 0.4) is 0 Å². The highest BCUT2D eigenvalue weighted by Crippen LogP contribution is 2.13. The molecule has 5 unspecified atom stereocenters. The van der Waals surface area contributed by atoms with Crippen LogP contribution < -0.4 is 21.7 Å². The number of rotatable bonds is 13. The normalized spacial score (nSPS) is 15.5. The number of phenols is 1. The lowest BCUT2D eigenvalue weighted by Crippen LogP contribution is -2.60. The predicted octanol–water partition coefficient (Wildman–Crippen LogP) is -1.78. The van der Waals surface area contributed by atoms with Crippen molar-refractivity contribution in [1.29, 1.82) is 0 Å². The third kappa shape index (κ3) is 9.33. The van der Waals surface area contributed by atoms with Gasteiger partial charge >= 0.3 is 5.97 Å². The van der Waals surface area contributed by atoms with Gasteiger partial charge in [-0.1, -0.05) is 26.0 Å². The number of carboxylic acid groups (broad SMARTS) is 1. The molecule has 0 bridgehead atoms. The van der Waals surface area contributed by atoms with E-state index >= 15 is 0 Å². The number of aliphatic carboxylic acids is 1. The van der Waals surface area contributed by atoms with E-state index in [-0.39, 0.29) is 24.5 Å². The molecule has 0 radical (unpaired) electrons. The molecule has 1 rings (SSSR count). The Morgan fingerprint density at radius 3 is 1.94 bits per heavy atom. The number of aliphatic hydroxyl groups excluding tert-OH is 2. The monoisotopic (exact) mass is 482 g/mol. The first-order valence-corrected chi connectivity index (χ1v) is 10.8. The minimum Gasteiger partial charge on any atom is -0.508 e. The van der Waals surface area contributed by atoms with Crippen molar-refractivity contribution in [3.63, 3.8) is 0 Å². The number of amides is 3. The van der Waals surface area contributed by atoms with Gasteiger partial charge in [-0.2, -0.15) is 0 Å². The minimum atomic E-state index is -1.49. The van der Waals surface area contributed by atoms with Crippen LogP contribution in [-0.2, 0) is 25.6 Å². The summed E-state index contributed by atoms with van der Waals surface area (Å²) in [7, 11) is 0. The van der Waals surface area contributed by atoms with Crippen LogP contribution in [0.4, 0.5) is 0 Å². The Hall–Kier alpha value is -3.22. The number of carboxylic acids is 1. The van der Waals surface area contributed by atoms with Gasteiger partial charge in [0, 0.05) is 6.42 Å². The van der Waals surface area contributed by atoms with Crippen LogP contribution in [0.5, 0.6) is 5.75 Å². The Bertz CT molecular complexity index is 844. The molecule has 12 nitrogen and oxygen atoms in total. The number of aliphatic hydroxyl groups is 2. The summed E-state index contributed by atoms with van der Waals surface area (Å²) < 4.78 is 0. The molecule has 0 aliphatic heterocycles. The Morgan fingerprint density at radius 1 is 0.912 bits per heavy atom. The van der Waals surface area contributed by atoms with Crippen LogP contribution in [-0.4, -0.2) is 81.0 Å². The Labute approximate surface area is 197 Å². The molecule has 1 aromatic rings. The van der Waals surface area contributed by atoms with Crippen molar-refractivity contribution in [2.24, 2.45) is 11.7 Å². The Morgan fingerprint density at radius 2 is 1.47 bits per heavy atom. The van der Waals surface area contributed by atoms with Gasteiger partial charge in [-0.15, -0.1) is 0 Å². The van der Waals surface area contributed by atoms with Gasteiger partial charge in [0.2, 0.25) is 17.7 Å². The molecule has 0 heterocycles. The molecule has 0 aliphatic carbocycles. The van der Waals surface area contributed by atoms with Gasteiger partial charge in [-0.05, 0) is 37.0 Å². The van der Waals surface area contributed by atoms with E-state index in [1.807, 2.05) is 0 Å². The fourth-order valence-corrected chi connectivity index (χ4v) is 3.05. The highest BCUT2D eigenvalue weighted by Gasteiger charge is 2.32. The van der Waals surface area contributed by atoms with E-state index in [2.05, 4.69) is 16.0 Å². The number of aromatic hydroxyl groups is 1. The summed E-state index contributed by atoms with van der Waals surface area (Å²) in [5.41, 5.74) is 5.99. The highest BCUT2D eigenvalue weighted by atomic mass is 16.4. The first-order chi connectivity index (χ1) is 15.8. The first-order valence-electron chi connectivity index (χ1n) is 10.8. The van der Waals surface area contributed by atoms with Crippen molar-refractivity contribution in [2.75, 3.05) is 6.61 Å². The minimum absolute atomic E-state index is 0.00577. The van der Waals surface area contributed by atoms with Crippen LogP contribution in [0.15, 0.2) is 24.3 Å². The molecule has 0 aliphatic rings.